The summed E-state index contributed by atoms with van der Waals surface area (Å²) >= 11 is 0. The quantitative estimate of drug-likeness (QED) is 0.427. The first-order chi connectivity index (χ1) is 13.7. The molecule has 3 aliphatic rings. The Morgan fingerprint density at radius 2 is 1.36 bits per heavy atom. The van der Waals surface area contributed by atoms with Crippen LogP contribution in [0.5, 0.6) is 0 Å². The van der Waals surface area contributed by atoms with Crippen molar-refractivity contribution in [3.8, 4) is 0 Å². The molecule has 0 aromatic rings. The fourth-order valence-corrected chi connectivity index (χ4v) is 5.63. The van der Waals surface area contributed by atoms with Crippen molar-refractivity contribution in [2.24, 2.45) is 29.6 Å². The first-order valence-electron chi connectivity index (χ1n) is 11.5. The largest absolute Gasteiger partial charge is 0.352 e. The summed E-state index contributed by atoms with van der Waals surface area (Å²) in [4.78, 5) is 0. The summed E-state index contributed by atoms with van der Waals surface area (Å²) in [6.07, 6.45) is 16.4. The average molecular weight is 397 g/mol. The Hall–Kier alpha value is -0.740. The second-order valence-corrected chi connectivity index (χ2v) is 9.19. The number of hydrogen-bond acceptors (Lipinski definition) is 2. The number of halogens is 2. The molecule has 160 valence electrons. The van der Waals surface area contributed by atoms with Gasteiger partial charge in [0.25, 0.3) is 6.08 Å². The Morgan fingerprint density at radius 1 is 0.821 bits per heavy atom. The molecule has 2 saturated carbocycles. The smallest absolute Gasteiger partial charge is 0.266 e. The van der Waals surface area contributed by atoms with E-state index in [1.807, 2.05) is 6.92 Å². The van der Waals surface area contributed by atoms with Gasteiger partial charge in [0.1, 0.15) is 0 Å². The highest BCUT2D eigenvalue weighted by Gasteiger charge is 2.35. The molecule has 0 amide bonds. The second-order valence-electron chi connectivity index (χ2n) is 9.19. The third-order valence-corrected chi connectivity index (χ3v) is 7.44. The summed E-state index contributed by atoms with van der Waals surface area (Å²) < 4.78 is 36.5. The zero-order valence-corrected chi connectivity index (χ0v) is 17.5. The third-order valence-electron chi connectivity index (χ3n) is 7.44. The van der Waals surface area contributed by atoms with Gasteiger partial charge in [0, 0.05) is 12.3 Å². The molecule has 4 heteroatoms. The lowest BCUT2D eigenvalue weighted by molar-refractivity contribution is -0.212. The van der Waals surface area contributed by atoms with E-state index >= 15 is 0 Å². The van der Waals surface area contributed by atoms with E-state index in [4.69, 9.17) is 9.47 Å². The van der Waals surface area contributed by atoms with Gasteiger partial charge in [-0.1, -0.05) is 12.2 Å². The van der Waals surface area contributed by atoms with Crippen molar-refractivity contribution in [3.05, 3.63) is 24.3 Å². The lowest BCUT2D eigenvalue weighted by atomic mass is 9.67. The van der Waals surface area contributed by atoms with E-state index in [-0.39, 0.29) is 6.29 Å². The first-order valence-corrected chi connectivity index (χ1v) is 11.5. The molecule has 0 N–H and O–H groups in total. The maximum Gasteiger partial charge on any atom is 0.266 e. The summed E-state index contributed by atoms with van der Waals surface area (Å²) in [7, 11) is 0. The molecule has 1 heterocycles. The monoisotopic (exact) mass is 396 g/mol. The van der Waals surface area contributed by atoms with Crippen molar-refractivity contribution in [2.45, 2.75) is 83.8 Å². The molecule has 0 aromatic heterocycles. The van der Waals surface area contributed by atoms with Gasteiger partial charge in [-0.05, 0) is 101 Å². The van der Waals surface area contributed by atoms with E-state index in [1.165, 1.54) is 38.5 Å². The Labute approximate surface area is 169 Å². The molecular formula is C24H38F2O2. The predicted molar refractivity (Wildman–Crippen MR) is 109 cm³/mol. The van der Waals surface area contributed by atoms with Gasteiger partial charge in [0.2, 0.25) is 0 Å². The maximum atomic E-state index is 12.3. The SMILES string of the molecule is C/C=C/CCC1OCC(C2CCC(C3CCC(CC=C(F)F)CC3)CC2)CO1. The molecule has 0 spiro atoms. The number of hydrogen-bond donors (Lipinski definition) is 0. The molecule has 3 rings (SSSR count). The maximum absolute atomic E-state index is 12.3. The van der Waals surface area contributed by atoms with Gasteiger partial charge < -0.3 is 9.47 Å². The average Bonchev–Trinajstić information content (AvgIpc) is 2.73. The van der Waals surface area contributed by atoms with Crippen molar-refractivity contribution in [1.29, 1.82) is 0 Å². The van der Waals surface area contributed by atoms with E-state index in [1.54, 1.807) is 0 Å². The van der Waals surface area contributed by atoms with E-state index in [0.29, 0.717) is 18.3 Å². The van der Waals surface area contributed by atoms with Crippen LogP contribution in [0.3, 0.4) is 0 Å². The Kier molecular flexibility index (Phi) is 8.98. The van der Waals surface area contributed by atoms with Gasteiger partial charge >= 0.3 is 0 Å². The van der Waals surface area contributed by atoms with Crippen LogP contribution in [0.2, 0.25) is 0 Å². The lowest BCUT2D eigenvalue weighted by Gasteiger charge is -2.41. The number of ether oxygens (including phenoxy) is 2. The van der Waals surface area contributed by atoms with Crippen LogP contribution in [-0.2, 0) is 9.47 Å². The zero-order chi connectivity index (χ0) is 19.8. The highest BCUT2D eigenvalue weighted by Crippen LogP contribution is 2.44. The predicted octanol–water partition coefficient (Wildman–Crippen LogP) is 7.12. The standard InChI is InChI=1S/C24H38F2O2/c1-2-3-4-5-24-27-16-22(17-28-24)21-13-11-20(12-14-21)19-9-6-18(7-10-19)8-15-23(25)26/h2-3,15,18-22,24H,4-14,16-17H2,1H3/b3-2+. The van der Waals surface area contributed by atoms with Crippen LogP contribution in [0.1, 0.15) is 77.6 Å². The summed E-state index contributed by atoms with van der Waals surface area (Å²) in [5.74, 6) is 3.47. The van der Waals surface area contributed by atoms with Crippen molar-refractivity contribution in [2.75, 3.05) is 13.2 Å². The van der Waals surface area contributed by atoms with Gasteiger partial charge in [-0.15, -0.1) is 0 Å². The Bertz CT molecular complexity index is 491. The molecule has 0 unspecified atom stereocenters. The van der Waals surface area contributed by atoms with Gasteiger partial charge in [-0.2, -0.15) is 8.78 Å². The molecule has 0 atom stereocenters. The summed E-state index contributed by atoms with van der Waals surface area (Å²) in [5, 5.41) is 0. The van der Waals surface area contributed by atoms with Crippen LogP contribution in [0.15, 0.2) is 24.3 Å². The Morgan fingerprint density at radius 3 is 1.89 bits per heavy atom. The van der Waals surface area contributed by atoms with Crippen LogP contribution in [0, 0.1) is 29.6 Å². The van der Waals surface area contributed by atoms with E-state index < -0.39 is 6.08 Å². The summed E-state index contributed by atoms with van der Waals surface area (Å²) in [5.41, 5.74) is 0. The first kappa shape index (κ1) is 22.0. The zero-order valence-electron chi connectivity index (χ0n) is 17.5. The minimum absolute atomic E-state index is 0.0142. The van der Waals surface area contributed by atoms with Gasteiger partial charge in [-0.25, -0.2) is 0 Å². The van der Waals surface area contributed by atoms with E-state index in [9.17, 15) is 8.78 Å². The topological polar surface area (TPSA) is 18.5 Å². The van der Waals surface area contributed by atoms with Crippen molar-refractivity contribution >= 4 is 0 Å². The fraction of sp³-hybridized carbons (Fsp3) is 0.833. The highest BCUT2D eigenvalue weighted by molar-refractivity contribution is 4.88. The molecule has 0 bridgehead atoms. The minimum atomic E-state index is -1.51. The van der Waals surface area contributed by atoms with Crippen LogP contribution in [-0.4, -0.2) is 19.5 Å². The van der Waals surface area contributed by atoms with Crippen LogP contribution < -0.4 is 0 Å². The molecule has 3 fully saturated rings. The van der Waals surface area contributed by atoms with E-state index in [0.717, 1.165) is 62.7 Å². The van der Waals surface area contributed by atoms with Gasteiger partial charge in [-0.3, -0.25) is 0 Å². The molecule has 0 radical (unpaired) electrons. The summed E-state index contributed by atoms with van der Waals surface area (Å²) in [6.45, 7) is 3.77. The molecule has 1 saturated heterocycles. The molecule has 1 aliphatic heterocycles. The molecule has 0 aromatic carbocycles. The number of allylic oxidation sites excluding steroid dienone is 3. The van der Waals surface area contributed by atoms with Crippen LogP contribution in [0.4, 0.5) is 8.78 Å². The molecule has 2 nitrogen and oxygen atoms in total. The molecule has 2 aliphatic carbocycles. The van der Waals surface area contributed by atoms with Crippen molar-refractivity contribution in [1.82, 2.24) is 0 Å². The highest BCUT2D eigenvalue weighted by atomic mass is 19.3. The molecule has 28 heavy (non-hydrogen) atoms. The van der Waals surface area contributed by atoms with Crippen LogP contribution in [0.25, 0.3) is 0 Å². The van der Waals surface area contributed by atoms with Gasteiger partial charge in [0.05, 0.1) is 13.2 Å². The fourth-order valence-electron chi connectivity index (χ4n) is 5.63. The normalized spacial score (nSPS) is 37.1. The van der Waals surface area contributed by atoms with Crippen molar-refractivity contribution < 1.29 is 18.3 Å². The third kappa shape index (κ3) is 6.66. The number of rotatable bonds is 7. The molecular weight excluding hydrogens is 358 g/mol. The lowest BCUT2D eigenvalue weighted by Crippen LogP contribution is -2.38. The Balaban J connectivity index is 1.33. The van der Waals surface area contributed by atoms with Gasteiger partial charge in [0.15, 0.2) is 6.29 Å². The summed E-state index contributed by atoms with van der Waals surface area (Å²) in [6, 6.07) is 0. The van der Waals surface area contributed by atoms with E-state index in [2.05, 4.69) is 12.2 Å². The van der Waals surface area contributed by atoms with Crippen molar-refractivity contribution in [3.63, 3.8) is 0 Å². The van der Waals surface area contributed by atoms with Crippen LogP contribution >= 0.6 is 0 Å². The minimum Gasteiger partial charge on any atom is -0.352 e. The second kappa shape index (κ2) is 11.4.